The van der Waals surface area contributed by atoms with Crippen molar-refractivity contribution in [3.05, 3.63) is 47.5 Å². The molecule has 2 nitrogen and oxygen atoms in total. The van der Waals surface area contributed by atoms with Gasteiger partial charge in [-0.1, -0.05) is 42.0 Å². The second kappa shape index (κ2) is 5.28. The van der Waals surface area contributed by atoms with Crippen LogP contribution in [0.25, 0.3) is 0 Å². The molecule has 2 heteroatoms. The SMILES string of the molecule is CC(c1ccccc1)N1CC=C(CN)CC1. The van der Waals surface area contributed by atoms with Crippen LogP contribution in [0.1, 0.15) is 24.9 Å². The van der Waals surface area contributed by atoms with Crippen molar-refractivity contribution in [2.75, 3.05) is 19.6 Å². The van der Waals surface area contributed by atoms with Gasteiger partial charge in [0.1, 0.15) is 0 Å². The molecular weight excluding hydrogens is 196 g/mol. The highest BCUT2D eigenvalue weighted by molar-refractivity contribution is 5.19. The van der Waals surface area contributed by atoms with Gasteiger partial charge in [0.25, 0.3) is 0 Å². The Balaban J connectivity index is 2.02. The molecule has 0 aliphatic carbocycles. The zero-order chi connectivity index (χ0) is 11.4. The minimum Gasteiger partial charge on any atom is -0.327 e. The van der Waals surface area contributed by atoms with Crippen LogP contribution in [-0.2, 0) is 0 Å². The van der Waals surface area contributed by atoms with Crippen LogP contribution in [0.5, 0.6) is 0 Å². The lowest BCUT2D eigenvalue weighted by molar-refractivity contribution is 0.227. The lowest BCUT2D eigenvalue weighted by atomic mass is 10.0. The Labute approximate surface area is 97.8 Å². The first-order valence-corrected chi connectivity index (χ1v) is 5.98. The molecule has 1 aromatic rings. The number of hydrogen-bond acceptors (Lipinski definition) is 2. The summed E-state index contributed by atoms with van der Waals surface area (Å²) in [5, 5.41) is 0. The smallest absolute Gasteiger partial charge is 0.0323 e. The molecule has 1 aliphatic heterocycles. The predicted octanol–water partition coefficient (Wildman–Crippen LogP) is 2.34. The van der Waals surface area contributed by atoms with E-state index in [4.69, 9.17) is 5.73 Å². The molecule has 2 rings (SSSR count). The van der Waals surface area contributed by atoms with Crippen LogP contribution in [0.2, 0.25) is 0 Å². The van der Waals surface area contributed by atoms with E-state index < -0.39 is 0 Å². The van der Waals surface area contributed by atoms with Crippen molar-refractivity contribution >= 4 is 0 Å². The quantitative estimate of drug-likeness (QED) is 0.786. The second-order valence-corrected chi connectivity index (χ2v) is 4.40. The first kappa shape index (κ1) is 11.4. The van der Waals surface area contributed by atoms with Gasteiger partial charge in [-0.3, -0.25) is 4.90 Å². The summed E-state index contributed by atoms with van der Waals surface area (Å²) in [6.07, 6.45) is 3.40. The number of nitrogens with zero attached hydrogens (tertiary/aromatic N) is 1. The lowest BCUT2D eigenvalue weighted by Gasteiger charge is -2.31. The minimum atomic E-state index is 0.497. The van der Waals surface area contributed by atoms with Crippen molar-refractivity contribution in [3.63, 3.8) is 0 Å². The Hall–Kier alpha value is -1.12. The molecule has 0 amide bonds. The summed E-state index contributed by atoms with van der Waals surface area (Å²) >= 11 is 0. The van der Waals surface area contributed by atoms with Crippen molar-refractivity contribution in [1.29, 1.82) is 0 Å². The van der Waals surface area contributed by atoms with E-state index in [9.17, 15) is 0 Å². The first-order valence-electron chi connectivity index (χ1n) is 5.98. The van der Waals surface area contributed by atoms with Crippen LogP contribution < -0.4 is 5.73 Å². The van der Waals surface area contributed by atoms with Gasteiger partial charge < -0.3 is 5.73 Å². The van der Waals surface area contributed by atoms with Gasteiger partial charge in [0.15, 0.2) is 0 Å². The van der Waals surface area contributed by atoms with Gasteiger partial charge in [0, 0.05) is 25.7 Å². The average Bonchev–Trinajstić information content (AvgIpc) is 2.39. The van der Waals surface area contributed by atoms with E-state index >= 15 is 0 Å². The molecule has 0 fully saturated rings. The highest BCUT2D eigenvalue weighted by Gasteiger charge is 2.17. The number of benzene rings is 1. The molecule has 0 aromatic heterocycles. The molecule has 0 saturated heterocycles. The molecule has 1 unspecified atom stereocenters. The Bertz CT molecular complexity index is 356. The molecular formula is C14H20N2. The summed E-state index contributed by atoms with van der Waals surface area (Å²) in [5.74, 6) is 0. The molecule has 1 aromatic carbocycles. The monoisotopic (exact) mass is 216 g/mol. The number of rotatable bonds is 3. The molecule has 0 radical (unpaired) electrons. The third kappa shape index (κ3) is 2.52. The highest BCUT2D eigenvalue weighted by Crippen LogP contribution is 2.23. The zero-order valence-corrected chi connectivity index (χ0v) is 9.89. The average molecular weight is 216 g/mol. The molecule has 0 bridgehead atoms. The Morgan fingerprint density at radius 3 is 2.62 bits per heavy atom. The summed E-state index contributed by atoms with van der Waals surface area (Å²) in [6, 6.07) is 11.2. The Morgan fingerprint density at radius 2 is 2.06 bits per heavy atom. The fraction of sp³-hybridized carbons (Fsp3) is 0.429. The van der Waals surface area contributed by atoms with E-state index in [0.29, 0.717) is 12.6 Å². The van der Waals surface area contributed by atoms with E-state index in [2.05, 4.69) is 48.2 Å². The van der Waals surface area contributed by atoms with Crippen molar-refractivity contribution < 1.29 is 0 Å². The van der Waals surface area contributed by atoms with Crippen LogP contribution in [0.3, 0.4) is 0 Å². The van der Waals surface area contributed by atoms with Crippen LogP contribution in [-0.4, -0.2) is 24.5 Å². The molecule has 0 saturated carbocycles. The first-order chi connectivity index (χ1) is 7.81. The van der Waals surface area contributed by atoms with Gasteiger partial charge in [0.05, 0.1) is 0 Å². The van der Waals surface area contributed by atoms with Crippen molar-refractivity contribution in [3.8, 4) is 0 Å². The van der Waals surface area contributed by atoms with E-state index in [0.717, 1.165) is 19.5 Å². The lowest BCUT2D eigenvalue weighted by Crippen LogP contribution is -2.32. The summed E-state index contributed by atoms with van der Waals surface area (Å²) in [5.41, 5.74) is 8.44. The molecule has 2 N–H and O–H groups in total. The summed E-state index contributed by atoms with van der Waals surface area (Å²) in [4.78, 5) is 2.49. The van der Waals surface area contributed by atoms with E-state index in [1.54, 1.807) is 0 Å². The maximum atomic E-state index is 5.65. The maximum absolute atomic E-state index is 5.65. The van der Waals surface area contributed by atoms with Gasteiger partial charge in [0.2, 0.25) is 0 Å². The molecule has 1 heterocycles. The normalized spacial score (nSPS) is 19.2. The van der Waals surface area contributed by atoms with E-state index in [-0.39, 0.29) is 0 Å². The summed E-state index contributed by atoms with van der Waals surface area (Å²) in [7, 11) is 0. The summed E-state index contributed by atoms with van der Waals surface area (Å²) < 4.78 is 0. The molecule has 16 heavy (non-hydrogen) atoms. The van der Waals surface area contributed by atoms with E-state index in [1.165, 1.54) is 11.1 Å². The molecule has 1 atom stereocenters. The summed E-state index contributed by atoms with van der Waals surface area (Å²) in [6.45, 7) is 5.14. The number of hydrogen-bond donors (Lipinski definition) is 1. The largest absolute Gasteiger partial charge is 0.327 e. The van der Waals surface area contributed by atoms with Gasteiger partial charge in [-0.05, 0) is 18.9 Å². The van der Waals surface area contributed by atoms with Crippen LogP contribution >= 0.6 is 0 Å². The minimum absolute atomic E-state index is 0.497. The fourth-order valence-electron chi connectivity index (χ4n) is 2.21. The van der Waals surface area contributed by atoms with Crippen molar-refractivity contribution in [1.82, 2.24) is 4.90 Å². The third-order valence-electron chi connectivity index (χ3n) is 3.43. The fourth-order valence-corrected chi connectivity index (χ4v) is 2.21. The third-order valence-corrected chi connectivity index (χ3v) is 3.43. The van der Waals surface area contributed by atoms with Gasteiger partial charge >= 0.3 is 0 Å². The second-order valence-electron chi connectivity index (χ2n) is 4.40. The molecule has 1 aliphatic rings. The van der Waals surface area contributed by atoms with Gasteiger partial charge in [-0.2, -0.15) is 0 Å². The Morgan fingerprint density at radius 1 is 1.31 bits per heavy atom. The molecule has 0 spiro atoms. The van der Waals surface area contributed by atoms with Crippen LogP contribution in [0.4, 0.5) is 0 Å². The van der Waals surface area contributed by atoms with E-state index in [1.807, 2.05) is 0 Å². The van der Waals surface area contributed by atoms with Gasteiger partial charge in [-0.15, -0.1) is 0 Å². The highest BCUT2D eigenvalue weighted by atomic mass is 15.1. The molecule has 86 valence electrons. The van der Waals surface area contributed by atoms with Gasteiger partial charge in [-0.25, -0.2) is 0 Å². The van der Waals surface area contributed by atoms with Crippen molar-refractivity contribution in [2.24, 2.45) is 5.73 Å². The Kier molecular flexibility index (Phi) is 3.75. The topological polar surface area (TPSA) is 29.3 Å². The maximum Gasteiger partial charge on any atom is 0.0323 e. The van der Waals surface area contributed by atoms with Crippen molar-refractivity contribution in [2.45, 2.75) is 19.4 Å². The zero-order valence-electron chi connectivity index (χ0n) is 9.89. The standard InChI is InChI=1S/C14H20N2/c1-12(14-5-3-2-4-6-14)16-9-7-13(11-15)8-10-16/h2-7,12H,8-11,15H2,1H3. The van der Waals surface area contributed by atoms with Crippen LogP contribution in [0.15, 0.2) is 42.0 Å². The number of nitrogens with two attached hydrogens (primary N) is 1. The van der Waals surface area contributed by atoms with Crippen LogP contribution in [0, 0.1) is 0 Å². The predicted molar refractivity (Wildman–Crippen MR) is 68.2 cm³/mol.